The van der Waals surface area contributed by atoms with Crippen LogP contribution in [0.5, 0.6) is 5.75 Å². The molecule has 11 heteroatoms. The van der Waals surface area contributed by atoms with Gasteiger partial charge in [-0.05, 0) is 51.8 Å². The lowest BCUT2D eigenvalue weighted by Gasteiger charge is -2.12. The Morgan fingerprint density at radius 3 is 2.55 bits per heavy atom. The van der Waals surface area contributed by atoms with Crippen LogP contribution in [0, 0.1) is 0 Å². The number of nitrogens with zero attached hydrogens (tertiary/aromatic N) is 1. The van der Waals surface area contributed by atoms with Crippen LogP contribution in [0.4, 0.5) is 4.79 Å². The van der Waals surface area contributed by atoms with Gasteiger partial charge < -0.3 is 14.8 Å². The average molecular weight is 549 g/mol. The summed E-state index contributed by atoms with van der Waals surface area (Å²) in [7, 11) is 1.17. The molecule has 1 N–H and O–H groups in total. The van der Waals surface area contributed by atoms with E-state index in [-0.39, 0.29) is 17.3 Å². The second kappa shape index (κ2) is 9.91. The molecule has 3 rings (SSSR count). The van der Waals surface area contributed by atoms with Gasteiger partial charge in [-0.25, -0.2) is 9.69 Å². The van der Waals surface area contributed by atoms with Crippen molar-refractivity contribution in [3.05, 3.63) is 66.7 Å². The number of halogens is 4. The lowest BCUT2D eigenvalue weighted by atomic mass is 10.1. The predicted octanol–water partition coefficient (Wildman–Crippen LogP) is 5.05. The Kier molecular flexibility index (Phi) is 7.48. The summed E-state index contributed by atoms with van der Waals surface area (Å²) in [5.74, 6) is -0.984. The van der Waals surface area contributed by atoms with Gasteiger partial charge in [0.15, 0.2) is 5.75 Å². The van der Waals surface area contributed by atoms with Crippen molar-refractivity contribution in [2.75, 3.05) is 13.7 Å². The number of methoxy groups -OCH3 is 1. The van der Waals surface area contributed by atoms with Crippen molar-refractivity contribution in [1.29, 1.82) is 0 Å². The van der Waals surface area contributed by atoms with Gasteiger partial charge in [-0.3, -0.25) is 9.59 Å². The molecule has 1 fully saturated rings. The zero-order valence-electron chi connectivity index (χ0n) is 15.9. The minimum Gasteiger partial charge on any atom is -0.486 e. The highest BCUT2D eigenvalue weighted by molar-refractivity contribution is 9.10. The largest absolute Gasteiger partial charge is 0.486 e. The highest BCUT2D eigenvalue weighted by atomic mass is 79.9. The van der Waals surface area contributed by atoms with Gasteiger partial charge in [0.25, 0.3) is 5.91 Å². The molecule has 2 aromatic carbocycles. The fourth-order valence-corrected chi connectivity index (χ4v) is 4.12. The van der Waals surface area contributed by atoms with Gasteiger partial charge in [-0.15, -0.1) is 0 Å². The van der Waals surface area contributed by atoms with E-state index in [4.69, 9.17) is 39.5 Å². The van der Waals surface area contributed by atoms with Crippen LogP contribution in [-0.2, 0) is 20.9 Å². The highest BCUT2D eigenvalue weighted by Crippen LogP contribution is 2.36. The van der Waals surface area contributed by atoms with E-state index in [1.54, 1.807) is 30.3 Å². The van der Waals surface area contributed by atoms with Crippen molar-refractivity contribution in [3.8, 4) is 5.75 Å². The summed E-state index contributed by atoms with van der Waals surface area (Å²) in [5.41, 5.74) is 1.25. The van der Waals surface area contributed by atoms with Crippen molar-refractivity contribution < 1.29 is 23.9 Å². The van der Waals surface area contributed by atoms with E-state index in [9.17, 15) is 14.4 Å². The molecule has 1 aliphatic rings. The number of ether oxygens (including phenoxy) is 2. The maximum atomic E-state index is 12.4. The minimum atomic E-state index is -0.716. The fraction of sp³-hybridized carbons (Fsp3) is 0.150. The number of urea groups is 1. The Bertz CT molecular complexity index is 1080. The third kappa shape index (κ3) is 5.51. The number of benzene rings is 2. The molecule has 0 spiro atoms. The third-order valence-corrected chi connectivity index (χ3v) is 5.65. The molecule has 1 aliphatic heterocycles. The molecular formula is C20H14BrCl3N2O5. The first-order valence-electron chi connectivity index (χ1n) is 8.66. The summed E-state index contributed by atoms with van der Waals surface area (Å²) in [6.07, 6.45) is 1.44. The van der Waals surface area contributed by atoms with E-state index in [2.05, 4.69) is 26.0 Å². The number of carbonyl (C=O) groups excluding carboxylic acids is 3. The van der Waals surface area contributed by atoms with Crippen LogP contribution in [-0.4, -0.2) is 36.5 Å². The average Bonchev–Trinajstić information content (AvgIpc) is 2.96. The van der Waals surface area contributed by atoms with Crippen LogP contribution in [0.25, 0.3) is 6.08 Å². The molecule has 0 atom stereocenters. The molecule has 0 bridgehead atoms. The van der Waals surface area contributed by atoms with Crippen LogP contribution in [0.3, 0.4) is 0 Å². The van der Waals surface area contributed by atoms with Crippen molar-refractivity contribution in [1.82, 2.24) is 10.2 Å². The third-order valence-electron chi connectivity index (χ3n) is 4.20. The van der Waals surface area contributed by atoms with Gasteiger partial charge >= 0.3 is 12.0 Å². The Morgan fingerprint density at radius 1 is 1.16 bits per heavy atom. The first-order chi connectivity index (χ1) is 14.7. The molecule has 0 saturated carbocycles. The summed E-state index contributed by atoms with van der Waals surface area (Å²) >= 11 is 21.8. The summed E-state index contributed by atoms with van der Waals surface area (Å²) in [4.78, 5) is 36.5. The zero-order chi connectivity index (χ0) is 22.7. The lowest BCUT2D eigenvalue weighted by Crippen LogP contribution is -2.36. The maximum absolute atomic E-state index is 12.4. The summed E-state index contributed by atoms with van der Waals surface area (Å²) in [6.45, 7) is -0.325. The van der Waals surface area contributed by atoms with Gasteiger partial charge in [0.2, 0.25) is 0 Å². The van der Waals surface area contributed by atoms with Crippen LogP contribution < -0.4 is 10.1 Å². The Labute approximate surface area is 201 Å². The topological polar surface area (TPSA) is 84.9 Å². The smallest absolute Gasteiger partial charge is 0.329 e. The molecule has 3 amide bonds. The maximum Gasteiger partial charge on any atom is 0.329 e. The SMILES string of the molecule is COC(=O)CN1C(=O)N/C(=C/c2cc(Cl)c(OCc3ccc(Cl)cc3Cl)c(Br)c2)C1=O. The van der Waals surface area contributed by atoms with Crippen LogP contribution in [0.2, 0.25) is 15.1 Å². The second-order valence-corrected chi connectivity index (χ2v) is 8.40. The van der Waals surface area contributed by atoms with E-state index >= 15 is 0 Å². The monoisotopic (exact) mass is 546 g/mol. The first kappa shape index (κ1) is 23.4. The molecule has 2 aromatic rings. The van der Waals surface area contributed by atoms with E-state index in [1.807, 2.05) is 0 Å². The van der Waals surface area contributed by atoms with E-state index in [1.165, 1.54) is 13.2 Å². The van der Waals surface area contributed by atoms with Gasteiger partial charge in [0.1, 0.15) is 18.8 Å². The van der Waals surface area contributed by atoms with Gasteiger partial charge in [0, 0.05) is 15.6 Å². The predicted molar refractivity (Wildman–Crippen MR) is 120 cm³/mol. The standard InChI is InChI=1S/C20H14BrCl3N2O5/c1-30-17(27)8-26-19(28)16(25-20(26)29)6-10-4-13(21)18(15(24)5-10)31-9-11-2-3-12(22)7-14(11)23/h2-7H,8-9H2,1H3,(H,25,29)/b16-6+. The molecule has 0 radical (unpaired) electrons. The molecule has 0 aliphatic carbocycles. The number of amides is 3. The molecule has 7 nitrogen and oxygen atoms in total. The minimum absolute atomic E-state index is 0.00140. The van der Waals surface area contributed by atoms with Crippen LogP contribution in [0.1, 0.15) is 11.1 Å². The molecule has 162 valence electrons. The number of esters is 1. The molecule has 0 unspecified atom stereocenters. The Morgan fingerprint density at radius 2 is 1.90 bits per heavy atom. The quantitative estimate of drug-likeness (QED) is 0.310. The van der Waals surface area contributed by atoms with Gasteiger partial charge in [0.05, 0.1) is 16.6 Å². The van der Waals surface area contributed by atoms with E-state index < -0.39 is 24.5 Å². The van der Waals surface area contributed by atoms with E-state index in [0.29, 0.717) is 25.8 Å². The molecule has 1 saturated heterocycles. The molecular weight excluding hydrogens is 534 g/mol. The zero-order valence-corrected chi connectivity index (χ0v) is 19.7. The number of nitrogens with one attached hydrogen (secondary N) is 1. The second-order valence-electron chi connectivity index (χ2n) is 6.29. The first-order valence-corrected chi connectivity index (χ1v) is 10.6. The molecule has 0 aromatic heterocycles. The lowest BCUT2D eigenvalue weighted by molar-refractivity contribution is -0.143. The number of hydrogen-bond donors (Lipinski definition) is 1. The fourth-order valence-electron chi connectivity index (χ4n) is 2.66. The van der Waals surface area contributed by atoms with Crippen molar-refractivity contribution in [2.45, 2.75) is 6.61 Å². The van der Waals surface area contributed by atoms with Crippen LogP contribution >= 0.6 is 50.7 Å². The highest BCUT2D eigenvalue weighted by Gasteiger charge is 2.35. The van der Waals surface area contributed by atoms with Crippen molar-refractivity contribution in [2.24, 2.45) is 0 Å². The number of carbonyl (C=O) groups is 3. The summed E-state index contributed by atoms with van der Waals surface area (Å²) < 4.78 is 10.8. The molecule has 31 heavy (non-hydrogen) atoms. The Hall–Kier alpha value is -2.26. The normalized spacial score (nSPS) is 14.7. The summed E-state index contributed by atoms with van der Waals surface area (Å²) in [5, 5.41) is 3.67. The Balaban J connectivity index is 1.78. The van der Waals surface area contributed by atoms with Crippen molar-refractivity contribution in [3.63, 3.8) is 0 Å². The summed E-state index contributed by atoms with van der Waals surface area (Å²) in [6, 6.07) is 7.59. The number of hydrogen-bond acceptors (Lipinski definition) is 5. The van der Waals surface area contributed by atoms with Gasteiger partial charge in [-0.2, -0.15) is 0 Å². The van der Waals surface area contributed by atoms with E-state index in [0.717, 1.165) is 10.5 Å². The van der Waals surface area contributed by atoms with Crippen molar-refractivity contribution >= 4 is 74.7 Å². The van der Waals surface area contributed by atoms with Gasteiger partial charge in [-0.1, -0.05) is 40.9 Å². The molecule has 1 heterocycles. The van der Waals surface area contributed by atoms with Crippen LogP contribution in [0.15, 0.2) is 40.5 Å². The number of rotatable bonds is 6. The number of imide groups is 1.